The molecule has 2 unspecified atom stereocenters. The maximum atomic E-state index is 6.05. The predicted octanol–water partition coefficient (Wildman–Crippen LogP) is 3.88. The molecule has 1 nitrogen and oxygen atoms in total. The Kier molecular flexibility index (Phi) is 4.87. The quantitative estimate of drug-likeness (QED) is 0.801. The summed E-state index contributed by atoms with van der Waals surface area (Å²) in [7, 11) is 0. The number of rotatable bonds is 4. The molecule has 0 radical (unpaired) electrons. The van der Waals surface area contributed by atoms with Crippen LogP contribution in [0.3, 0.4) is 0 Å². The van der Waals surface area contributed by atoms with Crippen molar-refractivity contribution in [1.82, 2.24) is 5.32 Å². The lowest BCUT2D eigenvalue weighted by atomic mass is 9.85. The maximum Gasteiger partial charge on any atom is 0.0266 e. The molecule has 0 aromatic heterocycles. The van der Waals surface area contributed by atoms with Crippen LogP contribution in [0.2, 0.25) is 0 Å². The molecule has 1 aliphatic carbocycles. The summed E-state index contributed by atoms with van der Waals surface area (Å²) in [5, 5.41) is 3.70. The van der Waals surface area contributed by atoms with Crippen LogP contribution >= 0.6 is 11.6 Å². The van der Waals surface area contributed by atoms with E-state index in [2.05, 4.69) is 36.5 Å². The number of aryl methyl sites for hydroxylation is 1. The molecular formula is C15H22ClN. The first-order chi connectivity index (χ1) is 8.31. The molecule has 1 fully saturated rings. The Morgan fingerprint density at radius 3 is 2.76 bits per heavy atom. The van der Waals surface area contributed by atoms with Crippen molar-refractivity contribution < 1.29 is 0 Å². The van der Waals surface area contributed by atoms with Crippen molar-refractivity contribution in [2.45, 2.75) is 45.2 Å². The van der Waals surface area contributed by atoms with Gasteiger partial charge in [0, 0.05) is 18.5 Å². The second-order valence-electron chi connectivity index (χ2n) is 5.11. The van der Waals surface area contributed by atoms with Crippen molar-refractivity contribution in [3.63, 3.8) is 0 Å². The summed E-state index contributed by atoms with van der Waals surface area (Å²) in [5.74, 6) is 1.46. The van der Waals surface area contributed by atoms with Crippen LogP contribution in [0, 0.1) is 12.8 Å². The van der Waals surface area contributed by atoms with Gasteiger partial charge in [0.05, 0.1) is 0 Å². The van der Waals surface area contributed by atoms with Crippen LogP contribution < -0.4 is 5.32 Å². The molecule has 0 spiro atoms. The van der Waals surface area contributed by atoms with Gasteiger partial charge in [-0.25, -0.2) is 0 Å². The van der Waals surface area contributed by atoms with E-state index in [4.69, 9.17) is 11.6 Å². The van der Waals surface area contributed by atoms with Gasteiger partial charge in [-0.15, -0.1) is 11.6 Å². The molecule has 1 N–H and O–H groups in total. The van der Waals surface area contributed by atoms with Crippen LogP contribution in [-0.2, 0) is 6.54 Å². The van der Waals surface area contributed by atoms with E-state index in [-0.39, 0.29) is 0 Å². The van der Waals surface area contributed by atoms with Gasteiger partial charge in [-0.2, -0.15) is 0 Å². The van der Waals surface area contributed by atoms with Crippen molar-refractivity contribution in [3.8, 4) is 0 Å². The zero-order valence-corrected chi connectivity index (χ0v) is 11.3. The van der Waals surface area contributed by atoms with E-state index in [1.807, 2.05) is 0 Å². The third kappa shape index (κ3) is 3.46. The average Bonchev–Trinajstić information content (AvgIpc) is 2.38. The van der Waals surface area contributed by atoms with Crippen LogP contribution in [0.4, 0.5) is 0 Å². The van der Waals surface area contributed by atoms with Gasteiger partial charge < -0.3 is 5.32 Å². The molecule has 1 saturated carbocycles. The first-order valence-corrected chi connectivity index (χ1v) is 7.18. The van der Waals surface area contributed by atoms with Crippen molar-refractivity contribution in [1.29, 1.82) is 0 Å². The Morgan fingerprint density at radius 2 is 2.00 bits per heavy atom. The van der Waals surface area contributed by atoms with Gasteiger partial charge in [-0.1, -0.05) is 37.1 Å². The summed E-state index contributed by atoms with van der Waals surface area (Å²) in [4.78, 5) is 0. The standard InChI is InChI=1S/C15H22ClN/c1-12-6-2-3-8-14(12)11-17-15-9-5-4-7-13(15)10-16/h2-3,6,8,13,15,17H,4-5,7,9-11H2,1H3. The fourth-order valence-electron chi connectivity index (χ4n) is 2.71. The van der Waals surface area contributed by atoms with E-state index in [0.29, 0.717) is 12.0 Å². The Hall–Kier alpha value is -0.530. The van der Waals surface area contributed by atoms with Crippen LogP contribution in [0.15, 0.2) is 24.3 Å². The summed E-state index contributed by atoms with van der Waals surface area (Å²) in [5.41, 5.74) is 2.78. The molecule has 1 aromatic carbocycles. The van der Waals surface area contributed by atoms with Gasteiger partial charge in [0.15, 0.2) is 0 Å². The molecule has 94 valence electrons. The second kappa shape index (κ2) is 6.42. The molecule has 2 rings (SSSR count). The maximum absolute atomic E-state index is 6.05. The number of alkyl halides is 1. The molecule has 0 amide bonds. The van der Waals surface area contributed by atoms with E-state index in [9.17, 15) is 0 Å². The van der Waals surface area contributed by atoms with Crippen molar-refractivity contribution in [2.75, 3.05) is 5.88 Å². The zero-order chi connectivity index (χ0) is 12.1. The molecule has 1 aliphatic rings. The average molecular weight is 252 g/mol. The van der Waals surface area contributed by atoms with Crippen molar-refractivity contribution in [3.05, 3.63) is 35.4 Å². The van der Waals surface area contributed by atoms with E-state index < -0.39 is 0 Å². The normalized spacial score (nSPS) is 24.8. The molecule has 1 aromatic rings. The Bertz CT molecular complexity index is 351. The number of nitrogens with one attached hydrogen (secondary N) is 1. The third-order valence-corrected chi connectivity index (χ3v) is 4.32. The van der Waals surface area contributed by atoms with Crippen LogP contribution in [0.25, 0.3) is 0 Å². The lowest BCUT2D eigenvalue weighted by Crippen LogP contribution is -2.39. The fourth-order valence-corrected chi connectivity index (χ4v) is 3.08. The van der Waals surface area contributed by atoms with Crippen molar-refractivity contribution >= 4 is 11.6 Å². The summed E-state index contributed by atoms with van der Waals surface area (Å²) in [6, 6.07) is 9.21. The van der Waals surface area contributed by atoms with Gasteiger partial charge in [0.1, 0.15) is 0 Å². The SMILES string of the molecule is Cc1ccccc1CNC1CCCCC1CCl. The molecule has 0 aliphatic heterocycles. The van der Waals surface area contributed by atoms with E-state index in [0.717, 1.165) is 12.4 Å². The number of hydrogen-bond donors (Lipinski definition) is 1. The molecule has 0 heterocycles. The summed E-state index contributed by atoms with van der Waals surface area (Å²) in [6.45, 7) is 3.15. The monoisotopic (exact) mass is 251 g/mol. The number of benzene rings is 1. The third-order valence-electron chi connectivity index (χ3n) is 3.92. The predicted molar refractivity (Wildman–Crippen MR) is 74.5 cm³/mol. The van der Waals surface area contributed by atoms with Gasteiger partial charge in [0.2, 0.25) is 0 Å². The lowest BCUT2D eigenvalue weighted by molar-refractivity contribution is 0.282. The Labute approximate surface area is 110 Å². The van der Waals surface area contributed by atoms with Crippen LogP contribution in [-0.4, -0.2) is 11.9 Å². The first kappa shape index (κ1) is 12.9. The summed E-state index contributed by atoms with van der Waals surface area (Å²) < 4.78 is 0. The zero-order valence-electron chi connectivity index (χ0n) is 10.6. The number of hydrogen-bond acceptors (Lipinski definition) is 1. The van der Waals surface area contributed by atoms with Gasteiger partial charge in [0.25, 0.3) is 0 Å². The summed E-state index contributed by atoms with van der Waals surface area (Å²) >= 11 is 6.05. The smallest absolute Gasteiger partial charge is 0.0266 e. The van der Waals surface area contributed by atoms with E-state index in [1.54, 1.807) is 0 Å². The Morgan fingerprint density at radius 1 is 1.24 bits per heavy atom. The van der Waals surface area contributed by atoms with E-state index >= 15 is 0 Å². The molecule has 2 atom stereocenters. The minimum Gasteiger partial charge on any atom is -0.310 e. The molecule has 17 heavy (non-hydrogen) atoms. The lowest BCUT2D eigenvalue weighted by Gasteiger charge is -2.31. The van der Waals surface area contributed by atoms with Gasteiger partial charge in [-0.3, -0.25) is 0 Å². The van der Waals surface area contributed by atoms with Crippen LogP contribution in [0.5, 0.6) is 0 Å². The molecule has 0 bridgehead atoms. The van der Waals surface area contributed by atoms with Gasteiger partial charge in [-0.05, 0) is 36.8 Å². The molecule has 2 heteroatoms. The highest BCUT2D eigenvalue weighted by Crippen LogP contribution is 2.25. The minimum absolute atomic E-state index is 0.612. The highest BCUT2D eigenvalue weighted by Gasteiger charge is 2.23. The largest absolute Gasteiger partial charge is 0.310 e. The molecule has 0 saturated heterocycles. The van der Waals surface area contributed by atoms with Crippen LogP contribution in [0.1, 0.15) is 36.8 Å². The summed E-state index contributed by atoms with van der Waals surface area (Å²) in [6.07, 6.45) is 5.26. The first-order valence-electron chi connectivity index (χ1n) is 6.65. The second-order valence-corrected chi connectivity index (χ2v) is 5.42. The van der Waals surface area contributed by atoms with Crippen molar-refractivity contribution in [2.24, 2.45) is 5.92 Å². The molecular weight excluding hydrogens is 230 g/mol. The van der Waals surface area contributed by atoms with Gasteiger partial charge >= 0.3 is 0 Å². The fraction of sp³-hybridized carbons (Fsp3) is 0.600. The van der Waals surface area contributed by atoms with E-state index in [1.165, 1.54) is 36.8 Å². The highest BCUT2D eigenvalue weighted by molar-refractivity contribution is 6.18. The number of halogens is 1. The highest BCUT2D eigenvalue weighted by atomic mass is 35.5. The Balaban J connectivity index is 1.90. The topological polar surface area (TPSA) is 12.0 Å². The minimum atomic E-state index is 0.612.